The summed E-state index contributed by atoms with van der Waals surface area (Å²) >= 11 is 0. The highest BCUT2D eigenvalue weighted by atomic mass is 16.4. The van der Waals surface area contributed by atoms with Gasteiger partial charge >= 0.3 is 5.63 Å². The largest absolute Gasteiger partial charge is 0.422 e. The van der Waals surface area contributed by atoms with Crippen LogP contribution in [0.4, 0.5) is 17.1 Å². The zero-order valence-corrected chi connectivity index (χ0v) is 26.4. The Balaban J connectivity index is 2.17. The van der Waals surface area contributed by atoms with Crippen molar-refractivity contribution >= 4 is 28.0 Å². The molecule has 1 aromatic heterocycles. The van der Waals surface area contributed by atoms with Crippen molar-refractivity contribution in [2.75, 3.05) is 54.0 Å². The van der Waals surface area contributed by atoms with Crippen molar-refractivity contribution in [1.82, 2.24) is 0 Å². The Morgan fingerprint density at radius 1 is 0.634 bits per heavy atom. The van der Waals surface area contributed by atoms with Crippen LogP contribution in [-0.4, -0.2) is 39.3 Å². The number of anilines is 3. The van der Waals surface area contributed by atoms with E-state index in [1.807, 2.05) is 6.92 Å². The molecule has 217 valence electrons. The number of aryl methyl sites for hydroxylation is 3. The summed E-state index contributed by atoms with van der Waals surface area (Å²) in [5.74, 6) is 0. The van der Waals surface area contributed by atoms with Gasteiger partial charge in [-0.05, 0) is 114 Å². The number of fused-ring (bicyclic) bond motifs is 1. The first-order chi connectivity index (χ1) is 19.7. The van der Waals surface area contributed by atoms with E-state index in [4.69, 9.17) is 4.42 Å². The van der Waals surface area contributed by atoms with Crippen LogP contribution in [0.2, 0.25) is 0 Å². The fourth-order valence-electron chi connectivity index (χ4n) is 6.22. The molecule has 1 radical (unpaired) electrons. The molecule has 0 aliphatic carbocycles. The Hall–Kier alpha value is -3.73. The summed E-state index contributed by atoms with van der Waals surface area (Å²) in [5, 5.41) is 0.946. The number of rotatable bonds is 11. The molecule has 0 fully saturated rings. The second-order valence-corrected chi connectivity index (χ2v) is 10.7. The van der Waals surface area contributed by atoms with Crippen LogP contribution >= 0.6 is 0 Å². The summed E-state index contributed by atoms with van der Waals surface area (Å²) in [5.41, 5.74) is 11.5. The molecule has 3 aromatic carbocycles. The first kappa shape index (κ1) is 30.2. The molecule has 0 amide bonds. The van der Waals surface area contributed by atoms with Gasteiger partial charge in [-0.25, -0.2) is 4.79 Å². The van der Waals surface area contributed by atoms with Crippen molar-refractivity contribution in [3.05, 3.63) is 75.6 Å². The maximum absolute atomic E-state index is 12.5. The Morgan fingerprint density at radius 2 is 1.10 bits per heavy atom. The fraction of sp³-hybridized carbons (Fsp3) is 0.417. The minimum absolute atomic E-state index is 0.437. The van der Waals surface area contributed by atoms with Crippen LogP contribution in [0.1, 0.15) is 58.2 Å². The lowest BCUT2D eigenvalue weighted by molar-refractivity contribution is 0.558. The molecule has 0 spiro atoms. The van der Waals surface area contributed by atoms with Crippen LogP contribution < -0.4 is 20.3 Å². The molecule has 5 heteroatoms. The predicted octanol–water partition coefficient (Wildman–Crippen LogP) is 8.39. The molecule has 0 saturated heterocycles. The summed E-state index contributed by atoms with van der Waals surface area (Å²) in [6.07, 6.45) is 0. The van der Waals surface area contributed by atoms with Crippen LogP contribution in [0.15, 0.2) is 51.7 Å². The van der Waals surface area contributed by atoms with E-state index in [9.17, 15) is 4.79 Å². The normalized spacial score (nSPS) is 11.2. The van der Waals surface area contributed by atoms with E-state index in [1.165, 1.54) is 33.6 Å². The van der Waals surface area contributed by atoms with Gasteiger partial charge in [0.25, 0.3) is 0 Å². The summed E-state index contributed by atoms with van der Waals surface area (Å²) in [7, 11) is 0. The van der Waals surface area contributed by atoms with Crippen molar-refractivity contribution in [3.63, 3.8) is 0 Å². The van der Waals surface area contributed by atoms with E-state index in [0.717, 1.165) is 67.0 Å². The predicted molar refractivity (Wildman–Crippen MR) is 177 cm³/mol. The average molecular weight is 553 g/mol. The van der Waals surface area contributed by atoms with Crippen LogP contribution in [0.5, 0.6) is 0 Å². The van der Waals surface area contributed by atoms with Crippen molar-refractivity contribution < 1.29 is 4.42 Å². The van der Waals surface area contributed by atoms with Gasteiger partial charge in [0, 0.05) is 78.9 Å². The third-order valence-corrected chi connectivity index (χ3v) is 8.46. The Labute approximate surface area is 246 Å². The monoisotopic (exact) mass is 552 g/mol. The van der Waals surface area contributed by atoms with Crippen molar-refractivity contribution in [2.45, 2.75) is 62.3 Å². The Bertz CT molecular complexity index is 1570. The van der Waals surface area contributed by atoms with Gasteiger partial charge < -0.3 is 19.1 Å². The van der Waals surface area contributed by atoms with Crippen molar-refractivity contribution in [2.24, 2.45) is 0 Å². The zero-order valence-electron chi connectivity index (χ0n) is 26.4. The Kier molecular flexibility index (Phi) is 9.47. The topological polar surface area (TPSA) is 39.9 Å². The highest BCUT2D eigenvalue weighted by Crippen LogP contribution is 2.48. The van der Waals surface area contributed by atoms with Crippen molar-refractivity contribution in [3.8, 4) is 22.3 Å². The molecule has 5 nitrogen and oxygen atoms in total. The van der Waals surface area contributed by atoms with Gasteiger partial charge in [-0.3, -0.25) is 0 Å². The number of hydrogen-bond acceptors (Lipinski definition) is 5. The molecule has 0 N–H and O–H groups in total. The molecule has 0 bridgehead atoms. The number of hydrogen-bond donors (Lipinski definition) is 0. The molecule has 1 heterocycles. The van der Waals surface area contributed by atoms with E-state index >= 15 is 0 Å². The lowest BCUT2D eigenvalue weighted by Gasteiger charge is -2.29. The Morgan fingerprint density at radius 3 is 1.54 bits per heavy atom. The lowest BCUT2D eigenvalue weighted by atomic mass is 9.84. The summed E-state index contributed by atoms with van der Waals surface area (Å²) < 4.78 is 5.87. The number of benzene rings is 3. The van der Waals surface area contributed by atoms with E-state index in [-0.39, 0.29) is 0 Å². The maximum atomic E-state index is 12.5. The smallest absolute Gasteiger partial charge is 0.344 e. The highest BCUT2D eigenvalue weighted by Gasteiger charge is 2.25. The van der Waals surface area contributed by atoms with Gasteiger partial charge in [0.15, 0.2) is 0 Å². The van der Waals surface area contributed by atoms with Gasteiger partial charge in [0.2, 0.25) is 0 Å². The van der Waals surface area contributed by atoms with Gasteiger partial charge in [0.1, 0.15) is 5.58 Å². The molecular formula is C36H46N3O2. The second kappa shape index (κ2) is 12.8. The molecule has 0 aliphatic heterocycles. The molecular weight excluding hydrogens is 506 g/mol. The molecule has 0 unspecified atom stereocenters. The fourth-order valence-corrected chi connectivity index (χ4v) is 6.22. The van der Waals surface area contributed by atoms with Gasteiger partial charge in [-0.2, -0.15) is 0 Å². The van der Waals surface area contributed by atoms with Crippen LogP contribution in [0.3, 0.4) is 0 Å². The lowest BCUT2D eigenvalue weighted by Crippen LogP contribution is -2.23. The first-order valence-corrected chi connectivity index (χ1v) is 15.2. The van der Waals surface area contributed by atoms with Crippen LogP contribution in [0.25, 0.3) is 33.2 Å². The highest BCUT2D eigenvalue weighted by molar-refractivity contribution is 6.09. The summed E-state index contributed by atoms with van der Waals surface area (Å²) in [6.45, 7) is 25.0. The van der Waals surface area contributed by atoms with Gasteiger partial charge in [-0.1, -0.05) is 12.1 Å². The minimum atomic E-state index is -0.437. The molecule has 0 saturated carbocycles. The molecule has 0 aliphatic rings. The molecule has 41 heavy (non-hydrogen) atoms. The van der Waals surface area contributed by atoms with Crippen LogP contribution in [0, 0.1) is 26.8 Å². The van der Waals surface area contributed by atoms with Gasteiger partial charge in [-0.15, -0.1) is 0 Å². The summed E-state index contributed by atoms with van der Waals surface area (Å²) in [4.78, 5) is 19.7. The molecule has 4 aromatic rings. The van der Waals surface area contributed by atoms with E-state index in [0.29, 0.717) is 5.58 Å². The average Bonchev–Trinajstić information content (AvgIpc) is 2.95. The second-order valence-electron chi connectivity index (χ2n) is 10.7. The zero-order chi connectivity index (χ0) is 29.8. The third kappa shape index (κ3) is 5.72. The van der Waals surface area contributed by atoms with E-state index in [1.54, 1.807) is 0 Å². The third-order valence-electron chi connectivity index (χ3n) is 8.46. The van der Waals surface area contributed by atoms with Crippen molar-refractivity contribution in [1.29, 1.82) is 0 Å². The first-order valence-electron chi connectivity index (χ1n) is 15.2. The van der Waals surface area contributed by atoms with Crippen LogP contribution in [-0.2, 0) is 0 Å². The van der Waals surface area contributed by atoms with E-state index < -0.39 is 5.63 Å². The number of nitrogens with zero attached hydrogens (tertiary/aromatic N) is 3. The SMILES string of the molecule is CCN(CC)c1ccc(-c2c(N(CC)CC)cc3oc(=O)[c]c(C)c3c2-c2ccc(N(CC)CC)cc2C)c(C)c1. The van der Waals surface area contributed by atoms with Gasteiger partial charge in [0.05, 0.1) is 6.07 Å². The maximum Gasteiger partial charge on any atom is 0.344 e. The standard InChI is InChI=1S/C36H46N3O2/c1-10-37(11-2)27-16-18-29(24(7)20-27)35-31(39(14-5)15-6)23-32-34(26(9)22-33(40)41-32)36(35)30-19-17-28(21-25(30)8)38(12-3)13-4/h16-21,23H,10-15H2,1-9H3. The summed E-state index contributed by atoms with van der Waals surface area (Å²) in [6, 6.07) is 18.6. The minimum Gasteiger partial charge on any atom is -0.422 e. The molecule has 0 atom stereocenters. The van der Waals surface area contributed by atoms with E-state index in [2.05, 4.69) is 119 Å². The quantitative estimate of drug-likeness (QED) is 0.175. The molecule has 4 rings (SSSR count).